The number of rotatable bonds is 4. The van der Waals surface area contributed by atoms with Crippen LogP contribution in [0.4, 0.5) is 5.13 Å². The number of nitrogens with zero attached hydrogens (tertiary/aromatic N) is 3. The maximum absolute atomic E-state index is 5.25. The van der Waals surface area contributed by atoms with Crippen molar-refractivity contribution >= 4 is 33.5 Å². The zero-order valence-corrected chi connectivity index (χ0v) is 15.1. The number of hydrazone groups is 1. The minimum atomic E-state index is 0.215. The Balaban J connectivity index is 1.70. The molecule has 1 aliphatic heterocycles. The van der Waals surface area contributed by atoms with Crippen LogP contribution in [0.15, 0.2) is 52.3 Å². The van der Waals surface area contributed by atoms with E-state index in [2.05, 4.69) is 45.0 Å². The molecule has 3 aromatic rings. The monoisotopic (exact) mass is 355 g/mol. The number of benzene rings is 1. The Labute approximate surface area is 149 Å². The fraction of sp³-hybridized carbons (Fsp3) is 0.222. The van der Waals surface area contributed by atoms with Gasteiger partial charge in [-0.2, -0.15) is 5.10 Å². The summed E-state index contributed by atoms with van der Waals surface area (Å²) in [6.07, 6.45) is 0.880. The molecular weight excluding hydrogens is 338 g/mol. The van der Waals surface area contributed by atoms with Gasteiger partial charge in [-0.1, -0.05) is 6.07 Å². The second-order valence-corrected chi connectivity index (χ2v) is 7.44. The van der Waals surface area contributed by atoms with Gasteiger partial charge in [0.2, 0.25) is 5.13 Å². The number of aromatic nitrogens is 1. The molecule has 0 unspecified atom stereocenters. The van der Waals surface area contributed by atoms with Gasteiger partial charge in [0.1, 0.15) is 5.75 Å². The van der Waals surface area contributed by atoms with Crippen LogP contribution in [0.3, 0.4) is 0 Å². The smallest absolute Gasteiger partial charge is 0.206 e. The summed E-state index contributed by atoms with van der Waals surface area (Å²) in [5.74, 6) is 0.861. The van der Waals surface area contributed by atoms with Gasteiger partial charge in [-0.3, -0.25) is 0 Å². The molecule has 6 heteroatoms. The van der Waals surface area contributed by atoms with Crippen molar-refractivity contribution in [1.29, 1.82) is 0 Å². The molecule has 2 aromatic heterocycles. The van der Waals surface area contributed by atoms with E-state index in [1.54, 1.807) is 29.8 Å². The van der Waals surface area contributed by atoms with Gasteiger partial charge in [0.05, 0.1) is 24.6 Å². The molecule has 1 atom stereocenters. The molecule has 3 heterocycles. The van der Waals surface area contributed by atoms with Gasteiger partial charge in [-0.25, -0.2) is 9.99 Å². The molecular formula is C18H17N3OS2. The highest BCUT2D eigenvalue weighted by molar-refractivity contribution is 7.13. The van der Waals surface area contributed by atoms with Crippen LogP contribution in [0.2, 0.25) is 0 Å². The molecule has 0 saturated heterocycles. The van der Waals surface area contributed by atoms with Crippen LogP contribution >= 0.6 is 22.7 Å². The van der Waals surface area contributed by atoms with Crippen LogP contribution in [0.1, 0.15) is 28.6 Å². The molecule has 0 saturated carbocycles. The lowest BCUT2D eigenvalue weighted by Crippen LogP contribution is -2.17. The molecule has 1 aromatic carbocycles. The first-order valence-corrected chi connectivity index (χ1v) is 9.47. The van der Waals surface area contributed by atoms with Gasteiger partial charge in [-0.05, 0) is 48.2 Å². The third-order valence-corrected chi connectivity index (χ3v) is 5.93. The zero-order chi connectivity index (χ0) is 16.5. The summed E-state index contributed by atoms with van der Waals surface area (Å²) in [5, 5.41) is 12.1. The maximum atomic E-state index is 5.25. The van der Waals surface area contributed by atoms with Crippen molar-refractivity contribution in [3.8, 4) is 5.75 Å². The molecule has 24 heavy (non-hydrogen) atoms. The number of hydrogen-bond acceptors (Lipinski definition) is 6. The highest BCUT2D eigenvalue weighted by Crippen LogP contribution is 2.39. The number of ether oxygens (including phenoxy) is 1. The number of methoxy groups -OCH3 is 1. The van der Waals surface area contributed by atoms with E-state index >= 15 is 0 Å². The van der Waals surface area contributed by atoms with Crippen molar-refractivity contribution in [1.82, 2.24) is 4.98 Å². The van der Waals surface area contributed by atoms with Crippen LogP contribution in [0.25, 0.3) is 0 Å². The standard InChI is InChI=1S/C18H17N3OS2/c1-12-11-24-18(19-12)21-16(17-4-3-9-23-17)10-15(20-21)13-5-7-14(22-2)8-6-13/h3-9,11,16H,10H2,1-2H3/t16-/m1/s1. The number of aryl methyl sites for hydroxylation is 1. The van der Waals surface area contributed by atoms with Crippen molar-refractivity contribution in [2.75, 3.05) is 12.1 Å². The van der Waals surface area contributed by atoms with Crippen LogP contribution in [0, 0.1) is 6.92 Å². The summed E-state index contributed by atoms with van der Waals surface area (Å²) in [7, 11) is 1.68. The van der Waals surface area contributed by atoms with Gasteiger partial charge in [-0.15, -0.1) is 22.7 Å². The summed E-state index contributed by atoms with van der Waals surface area (Å²) in [4.78, 5) is 5.95. The highest BCUT2D eigenvalue weighted by atomic mass is 32.1. The maximum Gasteiger partial charge on any atom is 0.206 e. The number of thiophene rings is 1. The Bertz CT molecular complexity index is 853. The Hall–Kier alpha value is -2.18. The Morgan fingerprint density at radius 2 is 2.00 bits per heavy atom. The molecule has 122 valence electrons. The first kappa shape index (κ1) is 15.4. The minimum Gasteiger partial charge on any atom is -0.497 e. The van der Waals surface area contributed by atoms with Crippen molar-refractivity contribution < 1.29 is 4.74 Å². The van der Waals surface area contributed by atoms with Crippen LogP contribution in [-0.2, 0) is 0 Å². The molecule has 0 aliphatic carbocycles. The second-order valence-electron chi connectivity index (χ2n) is 5.63. The van der Waals surface area contributed by atoms with E-state index in [-0.39, 0.29) is 6.04 Å². The second kappa shape index (κ2) is 6.37. The van der Waals surface area contributed by atoms with Gasteiger partial charge >= 0.3 is 0 Å². The number of anilines is 1. The molecule has 0 spiro atoms. The lowest BCUT2D eigenvalue weighted by atomic mass is 10.0. The van der Waals surface area contributed by atoms with Gasteiger partial charge in [0.25, 0.3) is 0 Å². The number of thiazole rings is 1. The number of hydrogen-bond donors (Lipinski definition) is 0. The molecule has 0 amide bonds. The van der Waals surface area contributed by atoms with E-state index in [4.69, 9.17) is 9.84 Å². The quantitative estimate of drug-likeness (QED) is 0.669. The van der Waals surface area contributed by atoms with E-state index in [9.17, 15) is 0 Å². The average molecular weight is 355 g/mol. The third-order valence-electron chi connectivity index (χ3n) is 4.01. The predicted octanol–water partition coefficient (Wildman–Crippen LogP) is 4.88. The molecule has 0 N–H and O–H groups in total. The average Bonchev–Trinajstić information content (AvgIpc) is 3.34. The fourth-order valence-electron chi connectivity index (χ4n) is 2.79. The van der Waals surface area contributed by atoms with Gasteiger partial charge in [0.15, 0.2) is 0 Å². The van der Waals surface area contributed by atoms with E-state index in [0.29, 0.717) is 0 Å². The summed E-state index contributed by atoms with van der Waals surface area (Å²) >= 11 is 3.41. The molecule has 0 fully saturated rings. The summed E-state index contributed by atoms with van der Waals surface area (Å²) in [5.41, 5.74) is 3.25. The van der Waals surface area contributed by atoms with Crippen LogP contribution < -0.4 is 9.75 Å². The molecule has 1 aliphatic rings. The Morgan fingerprint density at radius 1 is 1.17 bits per heavy atom. The van der Waals surface area contributed by atoms with Crippen LogP contribution in [0.5, 0.6) is 5.75 Å². The highest BCUT2D eigenvalue weighted by Gasteiger charge is 2.32. The first-order chi connectivity index (χ1) is 11.7. The molecule has 4 rings (SSSR count). The fourth-order valence-corrected chi connectivity index (χ4v) is 4.41. The lowest BCUT2D eigenvalue weighted by Gasteiger charge is -2.19. The van der Waals surface area contributed by atoms with E-state index < -0.39 is 0 Å². The topological polar surface area (TPSA) is 37.7 Å². The van der Waals surface area contributed by atoms with E-state index in [0.717, 1.165) is 34.3 Å². The van der Waals surface area contributed by atoms with E-state index in [1.165, 1.54) is 4.88 Å². The summed E-state index contributed by atoms with van der Waals surface area (Å²) in [6, 6.07) is 12.6. The van der Waals surface area contributed by atoms with Gasteiger partial charge in [0, 0.05) is 16.7 Å². The SMILES string of the molecule is COc1ccc(C2=NN(c3nc(C)cs3)[C@@H](c3cccs3)C2)cc1. The Kier molecular flexibility index (Phi) is 4.08. The Morgan fingerprint density at radius 3 is 2.62 bits per heavy atom. The van der Waals surface area contributed by atoms with Crippen molar-refractivity contribution in [2.45, 2.75) is 19.4 Å². The van der Waals surface area contributed by atoms with Crippen LogP contribution in [-0.4, -0.2) is 17.8 Å². The minimum absolute atomic E-state index is 0.215. The van der Waals surface area contributed by atoms with Crippen molar-refractivity contribution in [2.24, 2.45) is 5.10 Å². The lowest BCUT2D eigenvalue weighted by molar-refractivity contribution is 0.415. The molecule has 4 nitrogen and oxygen atoms in total. The summed E-state index contributed by atoms with van der Waals surface area (Å²) < 4.78 is 5.25. The van der Waals surface area contributed by atoms with Crippen molar-refractivity contribution in [3.63, 3.8) is 0 Å². The molecule has 0 bridgehead atoms. The molecule has 0 radical (unpaired) electrons. The third kappa shape index (κ3) is 2.83. The summed E-state index contributed by atoms with van der Waals surface area (Å²) in [6.45, 7) is 2.02. The predicted molar refractivity (Wildman–Crippen MR) is 101 cm³/mol. The largest absolute Gasteiger partial charge is 0.497 e. The first-order valence-electron chi connectivity index (χ1n) is 7.71. The van der Waals surface area contributed by atoms with Gasteiger partial charge < -0.3 is 4.74 Å². The van der Waals surface area contributed by atoms with E-state index in [1.807, 2.05) is 19.1 Å². The zero-order valence-electron chi connectivity index (χ0n) is 13.5. The van der Waals surface area contributed by atoms with Crippen molar-refractivity contribution in [3.05, 3.63) is 63.3 Å². The normalized spacial score (nSPS) is 17.2.